The molecular formula is C16H26N2O3. The second-order valence-electron chi connectivity index (χ2n) is 7.96. The molecular weight excluding hydrogens is 268 g/mol. The molecule has 1 heterocycles. The topological polar surface area (TPSA) is 72.8 Å². The highest BCUT2D eigenvalue weighted by Crippen LogP contribution is 2.55. The Bertz CT molecular complexity index is 394. The number of aliphatic hydroxyl groups is 2. The van der Waals surface area contributed by atoms with Crippen molar-refractivity contribution in [3.8, 4) is 0 Å². The van der Waals surface area contributed by atoms with Crippen molar-refractivity contribution in [2.24, 2.45) is 17.8 Å². The number of carbonyl (C=O) groups is 1. The Morgan fingerprint density at radius 2 is 1.48 bits per heavy atom. The highest BCUT2D eigenvalue weighted by atomic mass is 16.3. The van der Waals surface area contributed by atoms with Crippen LogP contribution in [0.3, 0.4) is 0 Å². The van der Waals surface area contributed by atoms with E-state index in [0.29, 0.717) is 12.8 Å². The fourth-order valence-corrected chi connectivity index (χ4v) is 5.80. The van der Waals surface area contributed by atoms with Gasteiger partial charge in [0.15, 0.2) is 0 Å². The minimum absolute atomic E-state index is 0.0153. The predicted molar refractivity (Wildman–Crippen MR) is 77.0 cm³/mol. The highest BCUT2D eigenvalue weighted by Gasteiger charge is 2.51. The average molecular weight is 294 g/mol. The zero-order valence-corrected chi connectivity index (χ0v) is 12.5. The minimum Gasteiger partial charge on any atom is -0.378 e. The third-order valence-electron chi connectivity index (χ3n) is 6.22. The van der Waals surface area contributed by atoms with Gasteiger partial charge in [-0.25, -0.2) is 4.90 Å². The van der Waals surface area contributed by atoms with Gasteiger partial charge < -0.3 is 15.5 Å². The highest BCUT2D eigenvalue weighted by molar-refractivity contribution is 5.79. The van der Waals surface area contributed by atoms with Gasteiger partial charge in [0.25, 0.3) is 0 Å². The van der Waals surface area contributed by atoms with Crippen LogP contribution in [0.5, 0.6) is 0 Å². The largest absolute Gasteiger partial charge is 0.378 e. The van der Waals surface area contributed by atoms with Crippen molar-refractivity contribution in [3.05, 3.63) is 0 Å². The second kappa shape index (κ2) is 4.93. The fraction of sp³-hybridized carbons (Fsp3) is 0.938. The van der Waals surface area contributed by atoms with Gasteiger partial charge in [0.05, 0.1) is 6.54 Å². The van der Waals surface area contributed by atoms with Crippen LogP contribution in [0.1, 0.15) is 51.4 Å². The summed E-state index contributed by atoms with van der Waals surface area (Å²) >= 11 is 0. The van der Waals surface area contributed by atoms with E-state index in [1.807, 2.05) is 0 Å². The standard InChI is InChI=1S/C16H26N2O3/c19-13(9-18-14(20)1-2-15(18)21)17-16-6-10-3-11(7-16)5-12(4-10)8-16/h10-12,14-15,20-21H,1-9H2,(H,17,19). The molecule has 5 aliphatic rings. The molecule has 21 heavy (non-hydrogen) atoms. The summed E-state index contributed by atoms with van der Waals surface area (Å²) in [7, 11) is 0. The zero-order valence-electron chi connectivity index (χ0n) is 12.5. The van der Waals surface area contributed by atoms with Gasteiger partial charge in [-0.3, -0.25) is 4.79 Å². The number of nitrogens with one attached hydrogen (secondary N) is 1. The Hall–Kier alpha value is -0.650. The van der Waals surface area contributed by atoms with Crippen LogP contribution in [-0.4, -0.2) is 45.6 Å². The molecule has 5 rings (SSSR count). The summed E-state index contributed by atoms with van der Waals surface area (Å²) in [4.78, 5) is 13.9. The number of rotatable bonds is 3. The molecule has 1 saturated heterocycles. The second-order valence-corrected chi connectivity index (χ2v) is 7.96. The molecule has 1 aliphatic heterocycles. The molecule has 3 N–H and O–H groups in total. The maximum atomic E-state index is 12.4. The van der Waals surface area contributed by atoms with Gasteiger partial charge in [-0.1, -0.05) is 0 Å². The van der Waals surface area contributed by atoms with Crippen molar-refractivity contribution in [1.29, 1.82) is 0 Å². The maximum Gasteiger partial charge on any atom is 0.234 e. The van der Waals surface area contributed by atoms with Crippen molar-refractivity contribution in [2.45, 2.75) is 69.4 Å². The number of likely N-dealkylation sites (tertiary alicyclic amines) is 1. The van der Waals surface area contributed by atoms with E-state index in [2.05, 4.69) is 5.32 Å². The molecule has 0 radical (unpaired) electrons. The first-order valence-electron chi connectivity index (χ1n) is 8.46. The number of nitrogens with zero attached hydrogens (tertiary/aromatic N) is 1. The molecule has 4 bridgehead atoms. The van der Waals surface area contributed by atoms with Crippen molar-refractivity contribution >= 4 is 5.91 Å². The molecule has 0 spiro atoms. The van der Waals surface area contributed by atoms with Gasteiger partial charge in [-0.15, -0.1) is 0 Å². The van der Waals surface area contributed by atoms with E-state index in [9.17, 15) is 15.0 Å². The van der Waals surface area contributed by atoms with E-state index < -0.39 is 12.5 Å². The molecule has 5 fully saturated rings. The number of aliphatic hydroxyl groups excluding tert-OH is 2. The van der Waals surface area contributed by atoms with E-state index in [4.69, 9.17) is 0 Å². The van der Waals surface area contributed by atoms with E-state index in [1.165, 1.54) is 24.2 Å². The number of amides is 1. The Balaban J connectivity index is 1.40. The number of hydrogen-bond acceptors (Lipinski definition) is 4. The van der Waals surface area contributed by atoms with Crippen LogP contribution < -0.4 is 5.32 Å². The van der Waals surface area contributed by atoms with Gasteiger partial charge in [0, 0.05) is 5.54 Å². The molecule has 1 amide bonds. The average Bonchev–Trinajstić information content (AvgIpc) is 2.68. The Labute approximate surface area is 125 Å². The van der Waals surface area contributed by atoms with Crippen molar-refractivity contribution in [2.75, 3.05) is 6.54 Å². The first-order valence-corrected chi connectivity index (χ1v) is 8.46. The lowest BCUT2D eigenvalue weighted by Gasteiger charge is -2.57. The maximum absolute atomic E-state index is 12.4. The summed E-state index contributed by atoms with van der Waals surface area (Å²) in [6.45, 7) is 0.115. The van der Waals surface area contributed by atoms with Gasteiger partial charge in [-0.05, 0) is 69.1 Å². The van der Waals surface area contributed by atoms with Gasteiger partial charge >= 0.3 is 0 Å². The molecule has 118 valence electrons. The zero-order chi connectivity index (χ0) is 14.6. The van der Waals surface area contributed by atoms with Crippen LogP contribution in [0, 0.1) is 17.8 Å². The Morgan fingerprint density at radius 1 is 1.00 bits per heavy atom. The number of hydrogen-bond donors (Lipinski definition) is 3. The normalized spacial score (nSPS) is 48.8. The Kier molecular flexibility index (Phi) is 3.28. The smallest absolute Gasteiger partial charge is 0.234 e. The summed E-state index contributed by atoms with van der Waals surface area (Å²) < 4.78 is 0. The molecule has 0 aromatic carbocycles. The minimum atomic E-state index is -0.679. The summed E-state index contributed by atoms with van der Waals surface area (Å²) in [6.07, 6.45) is 7.22. The molecule has 4 aliphatic carbocycles. The molecule has 2 unspecified atom stereocenters. The Morgan fingerprint density at radius 3 is 1.95 bits per heavy atom. The summed E-state index contributed by atoms with van der Waals surface area (Å²) in [6, 6.07) is 0. The van der Waals surface area contributed by atoms with Crippen LogP contribution in [0.15, 0.2) is 0 Å². The van der Waals surface area contributed by atoms with Crippen LogP contribution in [0.4, 0.5) is 0 Å². The van der Waals surface area contributed by atoms with Gasteiger partial charge in [0.2, 0.25) is 5.91 Å². The van der Waals surface area contributed by atoms with Gasteiger partial charge in [-0.2, -0.15) is 0 Å². The van der Waals surface area contributed by atoms with E-state index in [1.54, 1.807) is 0 Å². The molecule has 2 atom stereocenters. The van der Waals surface area contributed by atoms with E-state index in [0.717, 1.165) is 37.0 Å². The van der Waals surface area contributed by atoms with Crippen LogP contribution in [0.25, 0.3) is 0 Å². The van der Waals surface area contributed by atoms with E-state index >= 15 is 0 Å². The summed E-state index contributed by atoms with van der Waals surface area (Å²) in [5, 5.41) is 22.9. The molecule has 5 nitrogen and oxygen atoms in total. The first-order chi connectivity index (χ1) is 10.0. The first kappa shape index (κ1) is 14.0. The third kappa shape index (κ3) is 2.49. The summed E-state index contributed by atoms with van der Waals surface area (Å²) in [5.41, 5.74) is 0.0153. The van der Waals surface area contributed by atoms with E-state index in [-0.39, 0.29) is 18.0 Å². The lowest BCUT2D eigenvalue weighted by atomic mass is 9.53. The number of carbonyl (C=O) groups excluding carboxylic acids is 1. The van der Waals surface area contributed by atoms with Crippen LogP contribution >= 0.6 is 0 Å². The van der Waals surface area contributed by atoms with Crippen molar-refractivity contribution in [3.63, 3.8) is 0 Å². The van der Waals surface area contributed by atoms with Crippen molar-refractivity contribution < 1.29 is 15.0 Å². The fourth-order valence-electron chi connectivity index (χ4n) is 5.80. The quantitative estimate of drug-likeness (QED) is 0.720. The monoisotopic (exact) mass is 294 g/mol. The third-order valence-corrected chi connectivity index (χ3v) is 6.22. The molecule has 4 saturated carbocycles. The molecule has 0 aromatic heterocycles. The molecule has 5 heteroatoms. The lowest BCUT2D eigenvalue weighted by Crippen LogP contribution is -2.61. The molecule has 0 aromatic rings. The van der Waals surface area contributed by atoms with Crippen LogP contribution in [-0.2, 0) is 4.79 Å². The van der Waals surface area contributed by atoms with Crippen molar-refractivity contribution in [1.82, 2.24) is 10.2 Å². The summed E-state index contributed by atoms with van der Waals surface area (Å²) in [5.74, 6) is 2.38. The van der Waals surface area contributed by atoms with Crippen LogP contribution in [0.2, 0.25) is 0 Å². The predicted octanol–water partition coefficient (Wildman–Crippen LogP) is 0.804. The van der Waals surface area contributed by atoms with Gasteiger partial charge in [0.1, 0.15) is 12.5 Å². The lowest BCUT2D eigenvalue weighted by molar-refractivity contribution is -0.134. The SMILES string of the molecule is O=C(CN1C(O)CCC1O)NC12CC3CC(CC(C3)C1)C2.